The first-order valence-electron chi connectivity index (χ1n) is 6.69. The summed E-state index contributed by atoms with van der Waals surface area (Å²) in [5.74, 6) is 0.0144. The van der Waals surface area contributed by atoms with Crippen LogP contribution in [0.5, 0.6) is 0 Å². The van der Waals surface area contributed by atoms with Crippen LogP contribution in [-0.2, 0) is 4.74 Å². The first-order valence-corrected chi connectivity index (χ1v) is 6.69. The number of amides is 1. The number of morpholine rings is 1. The molecule has 1 aliphatic rings. The van der Waals surface area contributed by atoms with Gasteiger partial charge < -0.3 is 16.2 Å². The largest absolute Gasteiger partial charge is 0.383 e. The normalized spacial score (nSPS) is 20.3. The summed E-state index contributed by atoms with van der Waals surface area (Å²) >= 11 is 0. The highest BCUT2D eigenvalue weighted by molar-refractivity contribution is 5.98. The summed E-state index contributed by atoms with van der Waals surface area (Å²) in [7, 11) is 0. The van der Waals surface area contributed by atoms with E-state index in [0.717, 1.165) is 6.54 Å². The van der Waals surface area contributed by atoms with E-state index in [-0.39, 0.29) is 17.5 Å². The minimum Gasteiger partial charge on any atom is -0.383 e. The second-order valence-electron chi connectivity index (χ2n) is 5.24. The molecule has 110 valence electrons. The van der Waals surface area contributed by atoms with Gasteiger partial charge in [0, 0.05) is 19.1 Å². The number of aromatic nitrogens is 2. The molecule has 1 atom stereocenters. The number of carbonyl (C=O) groups is 1. The maximum absolute atomic E-state index is 11.3. The zero-order chi connectivity index (χ0) is 14.9. The summed E-state index contributed by atoms with van der Waals surface area (Å²) in [6.45, 7) is 8.21. The van der Waals surface area contributed by atoms with Gasteiger partial charge in [-0.25, -0.2) is 9.97 Å². The predicted molar refractivity (Wildman–Crippen MR) is 75.1 cm³/mol. The van der Waals surface area contributed by atoms with Gasteiger partial charge >= 0.3 is 0 Å². The van der Waals surface area contributed by atoms with Crippen molar-refractivity contribution in [1.29, 1.82) is 0 Å². The third kappa shape index (κ3) is 2.88. The lowest BCUT2D eigenvalue weighted by Gasteiger charge is -2.34. The average Bonchev–Trinajstić information content (AvgIpc) is 2.37. The molecule has 1 aromatic heterocycles. The standard InChI is InChI=1S/C13H21N5O2/c1-7(2)18-4-5-20-9(6-18)13-16-8(3)10(12(15)19)11(14)17-13/h7,9H,4-6H2,1-3H3,(H2,15,19)(H2,14,16,17). The Balaban J connectivity index is 2.27. The predicted octanol–water partition coefficient (Wildman–Crippen LogP) is 0.248. The monoisotopic (exact) mass is 279 g/mol. The lowest BCUT2D eigenvalue weighted by atomic mass is 10.1. The van der Waals surface area contributed by atoms with Crippen LogP contribution in [-0.4, -0.2) is 46.5 Å². The third-order valence-corrected chi connectivity index (χ3v) is 3.50. The van der Waals surface area contributed by atoms with Crippen molar-refractivity contribution in [2.24, 2.45) is 5.73 Å². The molecule has 0 aromatic carbocycles. The van der Waals surface area contributed by atoms with E-state index in [9.17, 15) is 4.79 Å². The van der Waals surface area contributed by atoms with E-state index in [0.29, 0.717) is 30.7 Å². The van der Waals surface area contributed by atoms with Gasteiger partial charge in [0.25, 0.3) is 5.91 Å². The molecule has 1 aliphatic heterocycles. The van der Waals surface area contributed by atoms with Crippen molar-refractivity contribution >= 4 is 11.7 Å². The molecule has 1 fully saturated rings. The van der Waals surface area contributed by atoms with Gasteiger partial charge in [0.2, 0.25) is 0 Å². The Morgan fingerprint density at radius 1 is 1.45 bits per heavy atom. The molecule has 2 rings (SSSR count). The summed E-state index contributed by atoms with van der Waals surface area (Å²) < 4.78 is 5.72. The SMILES string of the molecule is Cc1nc(C2CN(C(C)C)CCO2)nc(N)c1C(N)=O. The number of hydrogen-bond donors (Lipinski definition) is 2. The zero-order valence-corrected chi connectivity index (χ0v) is 12.1. The van der Waals surface area contributed by atoms with Crippen molar-refractivity contribution in [3.8, 4) is 0 Å². The van der Waals surface area contributed by atoms with Crippen LogP contribution in [0.2, 0.25) is 0 Å². The topological polar surface area (TPSA) is 107 Å². The number of hydrogen-bond acceptors (Lipinski definition) is 6. The number of primary amides is 1. The van der Waals surface area contributed by atoms with Crippen molar-refractivity contribution in [2.75, 3.05) is 25.4 Å². The van der Waals surface area contributed by atoms with Gasteiger partial charge in [-0.15, -0.1) is 0 Å². The van der Waals surface area contributed by atoms with Gasteiger partial charge in [-0.3, -0.25) is 9.69 Å². The van der Waals surface area contributed by atoms with E-state index in [2.05, 4.69) is 28.7 Å². The molecule has 1 amide bonds. The van der Waals surface area contributed by atoms with E-state index in [1.165, 1.54) is 0 Å². The second kappa shape index (κ2) is 5.72. The molecule has 1 unspecified atom stereocenters. The lowest BCUT2D eigenvalue weighted by Crippen LogP contribution is -2.42. The molecule has 1 saturated heterocycles. The molecule has 0 radical (unpaired) electrons. The fraction of sp³-hybridized carbons (Fsp3) is 0.615. The number of nitrogen functional groups attached to an aromatic ring is 1. The van der Waals surface area contributed by atoms with Crippen molar-refractivity contribution in [1.82, 2.24) is 14.9 Å². The number of aryl methyl sites for hydroxylation is 1. The number of ether oxygens (including phenoxy) is 1. The van der Waals surface area contributed by atoms with Crippen LogP contribution in [0.15, 0.2) is 0 Å². The van der Waals surface area contributed by atoms with Crippen molar-refractivity contribution < 1.29 is 9.53 Å². The number of anilines is 1. The Hall–Kier alpha value is -1.73. The van der Waals surface area contributed by atoms with E-state index in [1.807, 2.05) is 0 Å². The Labute approximate surface area is 118 Å². The zero-order valence-electron chi connectivity index (χ0n) is 12.1. The number of carbonyl (C=O) groups excluding carboxylic acids is 1. The molecular formula is C13H21N5O2. The lowest BCUT2D eigenvalue weighted by molar-refractivity contribution is -0.0442. The van der Waals surface area contributed by atoms with Gasteiger partial charge in [0.1, 0.15) is 17.5 Å². The molecule has 4 N–H and O–H groups in total. The second-order valence-corrected chi connectivity index (χ2v) is 5.24. The van der Waals surface area contributed by atoms with Gasteiger partial charge in [-0.1, -0.05) is 0 Å². The Kier molecular flexibility index (Phi) is 4.20. The molecular weight excluding hydrogens is 258 g/mol. The Bertz CT molecular complexity index is 494. The van der Waals surface area contributed by atoms with Crippen LogP contribution in [0, 0.1) is 6.92 Å². The maximum Gasteiger partial charge on any atom is 0.254 e. The summed E-state index contributed by atoms with van der Waals surface area (Å²) in [5, 5.41) is 0. The van der Waals surface area contributed by atoms with Gasteiger partial charge in [-0.2, -0.15) is 0 Å². The van der Waals surface area contributed by atoms with Crippen LogP contribution >= 0.6 is 0 Å². The van der Waals surface area contributed by atoms with Crippen molar-refractivity contribution in [3.05, 3.63) is 17.1 Å². The average molecular weight is 279 g/mol. The first kappa shape index (κ1) is 14.7. The van der Waals surface area contributed by atoms with Crippen molar-refractivity contribution in [2.45, 2.75) is 32.9 Å². The molecule has 2 heterocycles. The summed E-state index contributed by atoms with van der Waals surface area (Å²) in [6, 6.07) is 0.435. The number of nitrogens with two attached hydrogens (primary N) is 2. The molecule has 0 saturated carbocycles. The molecule has 0 aliphatic carbocycles. The quantitative estimate of drug-likeness (QED) is 0.821. The minimum atomic E-state index is -0.611. The fourth-order valence-electron chi connectivity index (χ4n) is 2.36. The molecule has 7 nitrogen and oxygen atoms in total. The van der Waals surface area contributed by atoms with Crippen LogP contribution in [0.3, 0.4) is 0 Å². The molecule has 0 spiro atoms. The summed E-state index contributed by atoms with van der Waals surface area (Å²) in [5.41, 5.74) is 11.7. The summed E-state index contributed by atoms with van der Waals surface area (Å²) in [6.07, 6.45) is -0.228. The van der Waals surface area contributed by atoms with Gasteiger partial charge in [0.15, 0.2) is 5.82 Å². The summed E-state index contributed by atoms with van der Waals surface area (Å²) in [4.78, 5) is 22.1. The first-order chi connectivity index (χ1) is 9.40. The molecule has 7 heteroatoms. The Morgan fingerprint density at radius 2 is 2.15 bits per heavy atom. The van der Waals surface area contributed by atoms with E-state index < -0.39 is 5.91 Å². The van der Waals surface area contributed by atoms with Crippen LogP contribution in [0.1, 0.15) is 41.8 Å². The van der Waals surface area contributed by atoms with E-state index in [4.69, 9.17) is 16.2 Å². The maximum atomic E-state index is 11.3. The van der Waals surface area contributed by atoms with Crippen LogP contribution in [0.4, 0.5) is 5.82 Å². The number of rotatable bonds is 3. The van der Waals surface area contributed by atoms with E-state index in [1.54, 1.807) is 6.92 Å². The van der Waals surface area contributed by atoms with Gasteiger partial charge in [-0.05, 0) is 20.8 Å². The molecule has 1 aromatic rings. The Morgan fingerprint density at radius 3 is 2.70 bits per heavy atom. The van der Waals surface area contributed by atoms with E-state index >= 15 is 0 Å². The fourth-order valence-corrected chi connectivity index (χ4v) is 2.36. The number of nitrogens with zero attached hydrogens (tertiary/aromatic N) is 3. The molecule has 0 bridgehead atoms. The van der Waals surface area contributed by atoms with Crippen molar-refractivity contribution in [3.63, 3.8) is 0 Å². The van der Waals surface area contributed by atoms with Gasteiger partial charge in [0.05, 0.1) is 12.3 Å². The third-order valence-electron chi connectivity index (χ3n) is 3.50. The minimum absolute atomic E-state index is 0.116. The smallest absolute Gasteiger partial charge is 0.254 e. The van der Waals surface area contributed by atoms with Crippen LogP contribution < -0.4 is 11.5 Å². The van der Waals surface area contributed by atoms with Crippen LogP contribution in [0.25, 0.3) is 0 Å². The highest BCUT2D eigenvalue weighted by atomic mass is 16.5. The highest BCUT2D eigenvalue weighted by Crippen LogP contribution is 2.23. The highest BCUT2D eigenvalue weighted by Gasteiger charge is 2.27. The molecule has 20 heavy (non-hydrogen) atoms.